The van der Waals surface area contributed by atoms with Gasteiger partial charge >= 0.3 is 0 Å². The summed E-state index contributed by atoms with van der Waals surface area (Å²) in [4.78, 5) is 13.3. The zero-order valence-corrected chi connectivity index (χ0v) is 17.5. The number of amides is 1. The fraction of sp³-hybridized carbons (Fsp3) is 0.857. The number of sulfonamides is 1. The number of nitrogens with zero attached hydrogens (tertiary/aromatic N) is 1. The van der Waals surface area contributed by atoms with E-state index in [1.165, 1.54) is 10.7 Å². The van der Waals surface area contributed by atoms with Crippen LogP contribution < -0.4 is 0 Å². The Morgan fingerprint density at radius 2 is 2.04 bits per heavy atom. The molecular formula is C21H35NO3S. The molecule has 3 fully saturated rings. The maximum atomic E-state index is 13.3. The summed E-state index contributed by atoms with van der Waals surface area (Å²) in [5.41, 5.74) is -0.220. The highest BCUT2D eigenvalue weighted by atomic mass is 32.2. The lowest BCUT2D eigenvalue weighted by atomic mass is 9.69. The minimum absolute atomic E-state index is 0.00876. The fourth-order valence-electron chi connectivity index (χ4n) is 6.12. The second-order valence-electron chi connectivity index (χ2n) is 9.33. The van der Waals surface area contributed by atoms with Gasteiger partial charge in [0.15, 0.2) is 0 Å². The van der Waals surface area contributed by atoms with Gasteiger partial charge in [-0.05, 0) is 43.4 Å². The second-order valence-corrected chi connectivity index (χ2v) is 11.2. The molecule has 3 aliphatic rings. The topological polar surface area (TPSA) is 54.5 Å². The molecule has 5 heteroatoms. The van der Waals surface area contributed by atoms with Crippen LogP contribution in [0.15, 0.2) is 12.7 Å². The first-order valence-electron chi connectivity index (χ1n) is 10.4. The normalized spacial score (nSPS) is 34.7. The smallest absolute Gasteiger partial charge is 0.239 e. The van der Waals surface area contributed by atoms with Gasteiger partial charge in [-0.1, -0.05) is 52.5 Å². The van der Waals surface area contributed by atoms with Crippen LogP contribution in [0.4, 0.5) is 0 Å². The maximum absolute atomic E-state index is 13.3. The molecule has 1 amide bonds. The monoisotopic (exact) mass is 381 g/mol. The van der Waals surface area contributed by atoms with Crippen molar-refractivity contribution in [2.75, 3.05) is 5.75 Å². The van der Waals surface area contributed by atoms with Crippen molar-refractivity contribution in [3.63, 3.8) is 0 Å². The Hall–Kier alpha value is -0.840. The lowest BCUT2D eigenvalue weighted by Gasteiger charge is -2.37. The van der Waals surface area contributed by atoms with Crippen molar-refractivity contribution in [2.24, 2.45) is 22.7 Å². The van der Waals surface area contributed by atoms with Gasteiger partial charge in [0, 0.05) is 11.3 Å². The van der Waals surface area contributed by atoms with Gasteiger partial charge in [-0.15, -0.1) is 6.58 Å². The van der Waals surface area contributed by atoms with Crippen LogP contribution in [0.5, 0.6) is 0 Å². The summed E-state index contributed by atoms with van der Waals surface area (Å²) in [6, 6.07) is -0.114. The molecule has 2 saturated carbocycles. The summed E-state index contributed by atoms with van der Waals surface area (Å²) in [6.07, 6.45) is 10.4. The van der Waals surface area contributed by atoms with Gasteiger partial charge in [0.25, 0.3) is 0 Å². The van der Waals surface area contributed by atoms with Crippen molar-refractivity contribution in [2.45, 2.75) is 84.6 Å². The van der Waals surface area contributed by atoms with Crippen molar-refractivity contribution in [3.05, 3.63) is 12.7 Å². The predicted octanol–water partition coefficient (Wildman–Crippen LogP) is 4.52. The number of hydrogen-bond donors (Lipinski definition) is 0. The molecule has 148 valence electrons. The lowest BCUT2D eigenvalue weighted by Crippen LogP contribution is -2.46. The number of carbonyl (C=O) groups excluding carboxylic acids is 1. The van der Waals surface area contributed by atoms with Crippen molar-refractivity contribution in [1.29, 1.82) is 0 Å². The summed E-state index contributed by atoms with van der Waals surface area (Å²) >= 11 is 0. The fourth-order valence-corrected chi connectivity index (χ4v) is 8.72. The molecule has 0 unspecified atom stereocenters. The minimum Gasteiger partial charge on any atom is -0.273 e. The number of unbranched alkanes of at least 4 members (excludes halogenated alkanes) is 3. The highest BCUT2D eigenvalue weighted by Crippen LogP contribution is 2.70. The average molecular weight is 382 g/mol. The Morgan fingerprint density at radius 1 is 1.31 bits per heavy atom. The minimum atomic E-state index is -3.51. The number of carbonyl (C=O) groups is 1. The van der Waals surface area contributed by atoms with E-state index in [1.807, 2.05) is 0 Å². The third-order valence-corrected chi connectivity index (χ3v) is 9.75. The zero-order chi connectivity index (χ0) is 19.2. The van der Waals surface area contributed by atoms with Gasteiger partial charge in [-0.25, -0.2) is 12.7 Å². The molecule has 0 radical (unpaired) electrons. The number of fused-ring (bicyclic) bond motifs is 1. The van der Waals surface area contributed by atoms with Crippen molar-refractivity contribution in [1.82, 2.24) is 4.31 Å². The molecule has 0 aromatic heterocycles. The van der Waals surface area contributed by atoms with Crippen LogP contribution in [0, 0.1) is 22.7 Å². The van der Waals surface area contributed by atoms with E-state index >= 15 is 0 Å². The summed E-state index contributed by atoms with van der Waals surface area (Å²) in [6.45, 7) is 10.4. The highest BCUT2D eigenvalue weighted by molar-refractivity contribution is 7.90. The Bertz CT molecular complexity index is 669. The summed E-state index contributed by atoms with van der Waals surface area (Å²) < 4.78 is 27.5. The molecule has 0 N–H and O–H groups in total. The van der Waals surface area contributed by atoms with Gasteiger partial charge in [0.05, 0.1) is 11.8 Å². The van der Waals surface area contributed by atoms with Gasteiger partial charge < -0.3 is 0 Å². The van der Waals surface area contributed by atoms with E-state index in [0.717, 1.165) is 44.9 Å². The molecule has 1 aliphatic heterocycles. The van der Waals surface area contributed by atoms with Crippen LogP contribution in [-0.2, 0) is 14.8 Å². The molecule has 0 aromatic rings. The standard InChI is InChI=1S/C21H35NO3S/c1-5-7-8-9-11-16(10-6-2)19(23)22-18-14-17-12-13-21(18,20(17,3)4)15-26(22,24)25/h6,16-18H,2,5,7-15H2,1,3-4H3/t16-,17-,18-,21-/m1/s1. The molecule has 3 rings (SSSR count). The van der Waals surface area contributed by atoms with Crippen LogP contribution in [0.1, 0.15) is 78.6 Å². The number of allylic oxidation sites excluding steroid dienone is 1. The van der Waals surface area contributed by atoms with Crippen LogP contribution >= 0.6 is 0 Å². The summed E-state index contributed by atoms with van der Waals surface area (Å²) in [5.74, 6) is 0.306. The lowest BCUT2D eigenvalue weighted by molar-refractivity contribution is -0.133. The van der Waals surface area contributed by atoms with E-state index < -0.39 is 10.0 Å². The third-order valence-electron chi connectivity index (χ3n) is 7.83. The van der Waals surface area contributed by atoms with Gasteiger partial charge in [-0.3, -0.25) is 4.79 Å². The summed E-state index contributed by atoms with van der Waals surface area (Å²) in [7, 11) is -3.51. The average Bonchev–Trinajstić information content (AvgIpc) is 3.04. The first kappa shape index (κ1) is 19.9. The molecule has 0 aromatic carbocycles. The van der Waals surface area contributed by atoms with Crippen molar-refractivity contribution >= 4 is 15.9 Å². The van der Waals surface area contributed by atoms with Crippen molar-refractivity contribution in [3.8, 4) is 0 Å². The number of hydrogen-bond acceptors (Lipinski definition) is 3. The predicted molar refractivity (Wildman–Crippen MR) is 105 cm³/mol. The first-order chi connectivity index (χ1) is 12.2. The quantitative estimate of drug-likeness (QED) is 0.459. The van der Waals surface area contributed by atoms with E-state index in [2.05, 4.69) is 27.4 Å². The van der Waals surface area contributed by atoms with Crippen LogP contribution in [-0.4, -0.2) is 30.4 Å². The van der Waals surface area contributed by atoms with E-state index in [-0.39, 0.29) is 34.4 Å². The molecule has 4 atom stereocenters. The van der Waals surface area contributed by atoms with Crippen LogP contribution in [0.2, 0.25) is 0 Å². The zero-order valence-electron chi connectivity index (χ0n) is 16.7. The summed E-state index contributed by atoms with van der Waals surface area (Å²) in [5, 5.41) is 0. The molecular weight excluding hydrogens is 346 g/mol. The van der Waals surface area contributed by atoms with Gasteiger partial charge in [0.2, 0.25) is 15.9 Å². The van der Waals surface area contributed by atoms with E-state index in [4.69, 9.17) is 0 Å². The van der Waals surface area contributed by atoms with Gasteiger partial charge in [-0.2, -0.15) is 0 Å². The number of rotatable bonds is 8. The SMILES string of the molecule is C=CC[C@H](CCCCCC)C(=O)N1[C@@H]2C[C@H]3CC[C@]2(CS1(=O)=O)C3(C)C. The molecule has 2 bridgehead atoms. The Labute approximate surface area is 159 Å². The van der Waals surface area contributed by atoms with E-state index in [0.29, 0.717) is 12.3 Å². The Kier molecular flexibility index (Phi) is 5.33. The molecule has 4 nitrogen and oxygen atoms in total. The van der Waals surface area contributed by atoms with Gasteiger partial charge in [0.1, 0.15) is 0 Å². The Balaban J connectivity index is 1.82. The molecule has 2 aliphatic carbocycles. The maximum Gasteiger partial charge on any atom is 0.239 e. The second kappa shape index (κ2) is 6.96. The van der Waals surface area contributed by atoms with Crippen LogP contribution in [0.25, 0.3) is 0 Å². The van der Waals surface area contributed by atoms with E-state index in [1.54, 1.807) is 6.08 Å². The largest absolute Gasteiger partial charge is 0.273 e. The molecule has 26 heavy (non-hydrogen) atoms. The Morgan fingerprint density at radius 3 is 2.65 bits per heavy atom. The molecule has 1 heterocycles. The molecule has 1 spiro atoms. The third kappa shape index (κ3) is 2.85. The van der Waals surface area contributed by atoms with Crippen LogP contribution in [0.3, 0.4) is 0 Å². The molecule has 1 saturated heterocycles. The highest BCUT2D eigenvalue weighted by Gasteiger charge is 2.72. The first-order valence-corrected chi connectivity index (χ1v) is 12.0. The van der Waals surface area contributed by atoms with E-state index in [9.17, 15) is 13.2 Å². The van der Waals surface area contributed by atoms with Crippen molar-refractivity contribution < 1.29 is 13.2 Å².